The van der Waals surface area contributed by atoms with Gasteiger partial charge < -0.3 is 10.1 Å². The van der Waals surface area contributed by atoms with Crippen LogP contribution >= 0.6 is 23.4 Å². The third kappa shape index (κ3) is 6.16. The Labute approximate surface area is 123 Å². The molecule has 0 atom stereocenters. The minimum atomic E-state index is -0.190. The Morgan fingerprint density at radius 3 is 3.00 bits per heavy atom. The number of esters is 1. The van der Waals surface area contributed by atoms with Crippen LogP contribution in [0.2, 0.25) is 5.02 Å². The average Bonchev–Trinajstić information content (AvgIpc) is 2.43. The van der Waals surface area contributed by atoms with E-state index in [2.05, 4.69) is 22.0 Å². The van der Waals surface area contributed by atoms with E-state index in [-0.39, 0.29) is 5.97 Å². The Hall–Kier alpha value is -0.940. The zero-order chi connectivity index (χ0) is 14.1. The van der Waals surface area contributed by atoms with Crippen molar-refractivity contribution in [3.05, 3.63) is 22.8 Å². The molecule has 106 valence electrons. The molecule has 0 aliphatic rings. The monoisotopic (exact) mass is 302 g/mol. The second-order valence-electron chi connectivity index (χ2n) is 3.93. The summed E-state index contributed by atoms with van der Waals surface area (Å²) in [5.74, 6) is 2.05. The topological polar surface area (TPSA) is 51.2 Å². The van der Waals surface area contributed by atoms with E-state index in [9.17, 15) is 4.79 Å². The lowest BCUT2D eigenvalue weighted by atomic mass is 10.3. The first-order chi connectivity index (χ1) is 9.17. The fourth-order valence-corrected chi connectivity index (χ4v) is 2.48. The van der Waals surface area contributed by atoms with E-state index in [1.54, 1.807) is 11.8 Å². The first-order valence-corrected chi connectivity index (χ1v) is 7.74. The Bertz CT molecular complexity index is 416. The van der Waals surface area contributed by atoms with Gasteiger partial charge >= 0.3 is 5.97 Å². The van der Waals surface area contributed by atoms with E-state index in [4.69, 9.17) is 11.6 Å². The maximum absolute atomic E-state index is 11.0. The summed E-state index contributed by atoms with van der Waals surface area (Å²) in [7, 11) is 1.40. The van der Waals surface area contributed by atoms with E-state index >= 15 is 0 Å². The van der Waals surface area contributed by atoms with Crippen LogP contribution < -0.4 is 5.32 Å². The number of thioether (sulfide) groups is 1. The van der Waals surface area contributed by atoms with Crippen molar-refractivity contribution < 1.29 is 9.53 Å². The van der Waals surface area contributed by atoms with Crippen molar-refractivity contribution in [2.75, 3.05) is 24.7 Å². The summed E-state index contributed by atoms with van der Waals surface area (Å²) in [4.78, 5) is 15.4. The van der Waals surface area contributed by atoms with Gasteiger partial charge in [0.1, 0.15) is 5.82 Å². The molecule has 0 aromatic carbocycles. The summed E-state index contributed by atoms with van der Waals surface area (Å²) in [6.45, 7) is 3.00. The molecular weight excluding hydrogens is 284 g/mol. The van der Waals surface area contributed by atoms with Crippen molar-refractivity contribution in [2.24, 2.45) is 0 Å². The Morgan fingerprint density at radius 1 is 1.53 bits per heavy atom. The normalized spacial score (nSPS) is 10.3. The highest BCUT2D eigenvalue weighted by Gasteiger charge is 2.05. The van der Waals surface area contributed by atoms with Gasteiger partial charge in [-0.1, -0.05) is 18.5 Å². The van der Waals surface area contributed by atoms with E-state index in [0.29, 0.717) is 22.9 Å². The molecule has 1 heterocycles. The van der Waals surface area contributed by atoms with Crippen LogP contribution in [0.1, 0.15) is 25.5 Å². The van der Waals surface area contributed by atoms with Crippen LogP contribution in [0.3, 0.4) is 0 Å². The number of rotatable bonds is 8. The maximum atomic E-state index is 11.0. The Morgan fingerprint density at radius 2 is 2.32 bits per heavy atom. The number of hydrogen-bond acceptors (Lipinski definition) is 5. The van der Waals surface area contributed by atoms with E-state index < -0.39 is 0 Å². The number of carbonyl (C=O) groups is 1. The second-order valence-corrected chi connectivity index (χ2v) is 5.44. The van der Waals surface area contributed by atoms with Crippen LogP contribution in [0.15, 0.2) is 12.1 Å². The van der Waals surface area contributed by atoms with Gasteiger partial charge in [0.2, 0.25) is 0 Å². The number of aromatic nitrogens is 1. The van der Waals surface area contributed by atoms with E-state index in [1.807, 2.05) is 12.1 Å². The molecule has 0 aliphatic heterocycles. The fraction of sp³-hybridized carbons (Fsp3) is 0.538. The molecule has 0 amide bonds. The van der Waals surface area contributed by atoms with Crippen molar-refractivity contribution in [1.82, 2.24) is 4.98 Å². The molecule has 0 unspecified atom stereocenters. The highest BCUT2D eigenvalue weighted by atomic mass is 35.5. The van der Waals surface area contributed by atoms with Crippen LogP contribution in [0, 0.1) is 0 Å². The maximum Gasteiger partial charge on any atom is 0.306 e. The minimum Gasteiger partial charge on any atom is -0.469 e. The van der Waals surface area contributed by atoms with E-state index in [1.165, 1.54) is 7.11 Å². The number of ether oxygens (including phenoxy) is 1. The summed E-state index contributed by atoms with van der Waals surface area (Å²) in [6.07, 6.45) is 1.46. The molecule has 1 aromatic rings. The van der Waals surface area contributed by atoms with Gasteiger partial charge in [-0.3, -0.25) is 4.79 Å². The first-order valence-electron chi connectivity index (χ1n) is 6.21. The lowest BCUT2D eigenvalue weighted by Crippen LogP contribution is -2.04. The predicted molar refractivity (Wildman–Crippen MR) is 80.8 cm³/mol. The van der Waals surface area contributed by atoms with Gasteiger partial charge in [0.05, 0.1) is 24.2 Å². The Balaban J connectivity index is 2.45. The van der Waals surface area contributed by atoms with Crippen LogP contribution in [0.5, 0.6) is 0 Å². The SMILES string of the molecule is CCCNc1ccc(Cl)c(CSCCC(=O)OC)n1. The lowest BCUT2D eigenvalue weighted by Gasteiger charge is -2.08. The highest BCUT2D eigenvalue weighted by Crippen LogP contribution is 2.21. The van der Waals surface area contributed by atoms with Crippen molar-refractivity contribution >= 4 is 35.1 Å². The number of nitrogens with one attached hydrogen (secondary N) is 1. The van der Waals surface area contributed by atoms with Gasteiger partial charge in [-0.15, -0.1) is 0 Å². The van der Waals surface area contributed by atoms with Crippen molar-refractivity contribution in [1.29, 1.82) is 0 Å². The highest BCUT2D eigenvalue weighted by molar-refractivity contribution is 7.98. The molecule has 0 saturated carbocycles. The summed E-state index contributed by atoms with van der Waals surface area (Å²) >= 11 is 7.72. The van der Waals surface area contributed by atoms with Crippen molar-refractivity contribution in [2.45, 2.75) is 25.5 Å². The number of carbonyl (C=O) groups excluding carboxylic acids is 1. The van der Waals surface area contributed by atoms with Crippen LogP contribution in [-0.2, 0) is 15.3 Å². The van der Waals surface area contributed by atoms with Gasteiger partial charge in [0.15, 0.2) is 0 Å². The molecule has 0 aliphatic carbocycles. The zero-order valence-corrected chi connectivity index (χ0v) is 12.8. The zero-order valence-electron chi connectivity index (χ0n) is 11.2. The molecule has 0 saturated heterocycles. The second kappa shape index (κ2) is 9.04. The number of pyridine rings is 1. The molecule has 0 spiro atoms. The number of halogens is 1. The van der Waals surface area contributed by atoms with Gasteiger partial charge in [-0.25, -0.2) is 4.98 Å². The molecule has 1 aromatic heterocycles. The molecule has 1 rings (SSSR count). The molecule has 1 N–H and O–H groups in total. The minimum absolute atomic E-state index is 0.190. The number of nitrogens with zero attached hydrogens (tertiary/aromatic N) is 1. The molecule has 19 heavy (non-hydrogen) atoms. The summed E-state index contributed by atoms with van der Waals surface area (Å²) < 4.78 is 4.59. The molecule has 4 nitrogen and oxygen atoms in total. The van der Waals surface area contributed by atoms with Gasteiger partial charge in [0.25, 0.3) is 0 Å². The van der Waals surface area contributed by atoms with Gasteiger partial charge in [-0.2, -0.15) is 11.8 Å². The van der Waals surface area contributed by atoms with E-state index in [0.717, 1.165) is 24.5 Å². The lowest BCUT2D eigenvalue weighted by molar-refractivity contribution is -0.140. The number of anilines is 1. The van der Waals surface area contributed by atoms with Crippen molar-refractivity contribution in [3.63, 3.8) is 0 Å². The number of hydrogen-bond donors (Lipinski definition) is 1. The molecule has 6 heteroatoms. The summed E-state index contributed by atoms with van der Waals surface area (Å²) in [5, 5.41) is 3.89. The fourth-order valence-electron chi connectivity index (χ4n) is 1.36. The van der Waals surface area contributed by atoms with Crippen molar-refractivity contribution in [3.8, 4) is 0 Å². The summed E-state index contributed by atoms with van der Waals surface area (Å²) in [5.41, 5.74) is 0.845. The first kappa shape index (κ1) is 16.1. The molecular formula is C13H19ClN2O2S. The third-order valence-corrected chi connectivity index (χ3v) is 3.71. The largest absolute Gasteiger partial charge is 0.469 e. The molecule has 0 fully saturated rings. The van der Waals surface area contributed by atoms with Crippen LogP contribution in [-0.4, -0.2) is 30.4 Å². The third-order valence-electron chi connectivity index (χ3n) is 2.39. The van der Waals surface area contributed by atoms with Gasteiger partial charge in [0, 0.05) is 18.1 Å². The average molecular weight is 303 g/mol. The molecule has 0 bridgehead atoms. The van der Waals surface area contributed by atoms with Crippen LogP contribution in [0.4, 0.5) is 5.82 Å². The smallest absolute Gasteiger partial charge is 0.306 e. The van der Waals surface area contributed by atoms with Crippen LogP contribution in [0.25, 0.3) is 0 Å². The standard InChI is InChI=1S/C13H19ClN2O2S/c1-3-7-15-12-5-4-10(14)11(16-12)9-19-8-6-13(17)18-2/h4-5H,3,6-9H2,1-2H3,(H,15,16). The Kier molecular flexibility index (Phi) is 7.67. The predicted octanol–water partition coefficient (Wildman–Crippen LogP) is 3.35. The summed E-state index contributed by atoms with van der Waals surface area (Å²) in [6, 6.07) is 3.73. The quantitative estimate of drug-likeness (QED) is 0.589. The number of methoxy groups -OCH3 is 1. The molecule has 0 radical (unpaired) electrons. The van der Waals surface area contributed by atoms with Gasteiger partial charge in [-0.05, 0) is 18.6 Å².